The van der Waals surface area contributed by atoms with Gasteiger partial charge in [-0.15, -0.1) is 0 Å². The molecule has 1 N–H and O–H groups in total. The number of carbonyl (C=O) groups is 1. The molecular formula is C17H20FNO2. The van der Waals surface area contributed by atoms with Crippen molar-refractivity contribution in [3.05, 3.63) is 35.1 Å². The molecule has 0 radical (unpaired) electrons. The zero-order chi connectivity index (χ0) is 15.1. The molecule has 1 aromatic rings. The lowest BCUT2D eigenvalue weighted by atomic mass is 10.1. The summed E-state index contributed by atoms with van der Waals surface area (Å²) in [4.78, 5) is 14.2. The molecule has 2 rings (SSSR count). The minimum absolute atomic E-state index is 0.00619. The van der Waals surface area contributed by atoms with Crippen molar-refractivity contribution in [2.24, 2.45) is 0 Å². The van der Waals surface area contributed by atoms with Crippen molar-refractivity contribution < 1.29 is 14.3 Å². The van der Waals surface area contributed by atoms with E-state index in [-0.39, 0.29) is 18.1 Å². The predicted molar refractivity (Wildman–Crippen MR) is 79.4 cm³/mol. The van der Waals surface area contributed by atoms with Gasteiger partial charge in [0.2, 0.25) is 0 Å². The molecule has 1 aliphatic heterocycles. The van der Waals surface area contributed by atoms with E-state index >= 15 is 0 Å². The van der Waals surface area contributed by atoms with Crippen LogP contribution in [0.15, 0.2) is 18.2 Å². The van der Waals surface area contributed by atoms with Crippen LogP contribution in [0.2, 0.25) is 0 Å². The monoisotopic (exact) mass is 289 g/mol. The lowest BCUT2D eigenvalue weighted by molar-refractivity contribution is 0.0757. The molecule has 0 spiro atoms. The summed E-state index contributed by atoms with van der Waals surface area (Å²) in [6, 6.07) is 4.35. The minimum atomic E-state index is -0.503. The molecular weight excluding hydrogens is 269 g/mol. The first-order valence-corrected chi connectivity index (χ1v) is 7.41. The minimum Gasteiger partial charge on any atom is -0.395 e. The van der Waals surface area contributed by atoms with Crippen molar-refractivity contribution in [3.8, 4) is 11.8 Å². The average Bonchev–Trinajstić information content (AvgIpc) is 2.77. The molecule has 112 valence electrons. The Hall–Kier alpha value is -1.86. The van der Waals surface area contributed by atoms with Crippen LogP contribution in [0.5, 0.6) is 0 Å². The van der Waals surface area contributed by atoms with Gasteiger partial charge in [0.1, 0.15) is 5.82 Å². The van der Waals surface area contributed by atoms with E-state index in [1.807, 2.05) is 0 Å². The smallest absolute Gasteiger partial charge is 0.256 e. The highest BCUT2D eigenvalue weighted by atomic mass is 19.1. The zero-order valence-electron chi connectivity index (χ0n) is 12.1. The van der Waals surface area contributed by atoms with Crippen LogP contribution in [0, 0.1) is 17.7 Å². The lowest BCUT2D eigenvalue weighted by Gasteiger charge is -2.20. The Balaban J connectivity index is 2.19. The summed E-state index contributed by atoms with van der Waals surface area (Å²) >= 11 is 0. The van der Waals surface area contributed by atoms with E-state index in [9.17, 15) is 9.18 Å². The van der Waals surface area contributed by atoms with Crippen molar-refractivity contribution in [2.45, 2.75) is 32.1 Å². The molecule has 0 unspecified atom stereocenters. The third-order valence-electron chi connectivity index (χ3n) is 3.56. The molecule has 4 heteroatoms. The average molecular weight is 289 g/mol. The summed E-state index contributed by atoms with van der Waals surface area (Å²) < 4.78 is 13.9. The topological polar surface area (TPSA) is 40.5 Å². The number of likely N-dealkylation sites (tertiary alicyclic amines) is 1. The van der Waals surface area contributed by atoms with E-state index in [0.29, 0.717) is 25.1 Å². The van der Waals surface area contributed by atoms with Crippen LogP contribution in [0.1, 0.15) is 48.0 Å². The molecule has 0 atom stereocenters. The number of aliphatic hydroxyl groups excluding tert-OH is 1. The van der Waals surface area contributed by atoms with Gasteiger partial charge in [-0.1, -0.05) is 24.7 Å². The van der Waals surface area contributed by atoms with Gasteiger partial charge >= 0.3 is 0 Å². The Kier molecular flexibility index (Phi) is 5.77. The van der Waals surface area contributed by atoms with E-state index in [0.717, 1.165) is 25.7 Å². The standard InChI is InChI=1S/C17H20FNO2/c18-16-9-8-14(7-3-6-12-20)13-15(16)17(21)19-10-4-1-2-5-11-19/h8-9,13,20H,1-2,4-6,10-12H2. The summed E-state index contributed by atoms with van der Waals surface area (Å²) in [5.41, 5.74) is 0.690. The summed E-state index contributed by atoms with van der Waals surface area (Å²) in [5.74, 6) is 4.86. The summed E-state index contributed by atoms with van der Waals surface area (Å²) in [6.45, 7) is 1.38. The molecule has 1 fully saturated rings. The maximum absolute atomic E-state index is 13.9. The van der Waals surface area contributed by atoms with Gasteiger partial charge in [0.05, 0.1) is 12.2 Å². The van der Waals surface area contributed by atoms with E-state index in [1.165, 1.54) is 12.1 Å². The Bertz CT molecular complexity index is 552. The first kappa shape index (κ1) is 15.5. The highest BCUT2D eigenvalue weighted by Gasteiger charge is 2.20. The van der Waals surface area contributed by atoms with Gasteiger partial charge in [-0.3, -0.25) is 4.79 Å². The van der Waals surface area contributed by atoms with Crippen molar-refractivity contribution in [1.82, 2.24) is 4.90 Å². The molecule has 1 aromatic carbocycles. The van der Waals surface area contributed by atoms with Gasteiger partial charge in [0, 0.05) is 25.1 Å². The third kappa shape index (κ3) is 4.30. The van der Waals surface area contributed by atoms with Gasteiger partial charge in [-0.05, 0) is 31.0 Å². The number of benzene rings is 1. The molecule has 1 aliphatic rings. The SMILES string of the molecule is O=C(c1cc(C#CCCO)ccc1F)N1CCCCCC1. The van der Waals surface area contributed by atoms with E-state index < -0.39 is 5.82 Å². The lowest BCUT2D eigenvalue weighted by Crippen LogP contribution is -2.32. The van der Waals surface area contributed by atoms with Gasteiger partial charge in [0.25, 0.3) is 5.91 Å². The fraction of sp³-hybridized carbons (Fsp3) is 0.471. The van der Waals surface area contributed by atoms with Crippen LogP contribution in [0.4, 0.5) is 4.39 Å². The molecule has 0 saturated carbocycles. The molecule has 0 aliphatic carbocycles. The number of hydrogen-bond acceptors (Lipinski definition) is 2. The van der Waals surface area contributed by atoms with Crippen LogP contribution in [-0.4, -0.2) is 35.6 Å². The quantitative estimate of drug-likeness (QED) is 0.850. The van der Waals surface area contributed by atoms with Crippen molar-refractivity contribution >= 4 is 5.91 Å². The fourth-order valence-electron chi connectivity index (χ4n) is 2.43. The number of amides is 1. The first-order valence-electron chi connectivity index (χ1n) is 7.41. The molecule has 21 heavy (non-hydrogen) atoms. The number of halogens is 1. The van der Waals surface area contributed by atoms with Gasteiger partial charge in [-0.25, -0.2) is 4.39 Å². The molecule has 3 nitrogen and oxygen atoms in total. The van der Waals surface area contributed by atoms with E-state index in [2.05, 4.69) is 11.8 Å². The van der Waals surface area contributed by atoms with Crippen LogP contribution >= 0.6 is 0 Å². The highest BCUT2D eigenvalue weighted by molar-refractivity contribution is 5.94. The molecule has 0 bridgehead atoms. The van der Waals surface area contributed by atoms with Crippen LogP contribution in [0.3, 0.4) is 0 Å². The van der Waals surface area contributed by atoms with Gasteiger partial charge in [-0.2, -0.15) is 0 Å². The maximum atomic E-state index is 13.9. The van der Waals surface area contributed by atoms with Gasteiger partial charge in [0.15, 0.2) is 0 Å². The van der Waals surface area contributed by atoms with Crippen LogP contribution < -0.4 is 0 Å². The number of nitrogens with zero attached hydrogens (tertiary/aromatic N) is 1. The number of hydrogen-bond donors (Lipinski definition) is 1. The second-order valence-corrected chi connectivity index (χ2v) is 5.18. The summed E-state index contributed by atoms with van der Waals surface area (Å²) in [6.07, 6.45) is 4.57. The normalized spacial score (nSPS) is 15.0. The first-order chi connectivity index (χ1) is 10.2. The summed E-state index contributed by atoms with van der Waals surface area (Å²) in [5, 5.41) is 8.70. The molecule has 1 amide bonds. The maximum Gasteiger partial charge on any atom is 0.256 e. The number of rotatable bonds is 2. The van der Waals surface area contributed by atoms with Gasteiger partial charge < -0.3 is 10.0 Å². The second kappa shape index (κ2) is 7.80. The third-order valence-corrected chi connectivity index (χ3v) is 3.56. The van der Waals surface area contributed by atoms with Crippen molar-refractivity contribution in [3.63, 3.8) is 0 Å². The predicted octanol–water partition coefficient (Wildman–Crippen LogP) is 2.58. The van der Waals surface area contributed by atoms with Crippen LogP contribution in [0.25, 0.3) is 0 Å². The fourth-order valence-corrected chi connectivity index (χ4v) is 2.43. The Labute approximate surface area is 124 Å². The number of aliphatic hydroxyl groups is 1. The largest absolute Gasteiger partial charge is 0.395 e. The Morgan fingerprint density at radius 1 is 1.24 bits per heavy atom. The molecule has 1 saturated heterocycles. The van der Waals surface area contributed by atoms with Crippen LogP contribution in [-0.2, 0) is 0 Å². The zero-order valence-corrected chi connectivity index (χ0v) is 12.1. The summed E-state index contributed by atoms with van der Waals surface area (Å²) in [7, 11) is 0. The Morgan fingerprint density at radius 3 is 2.62 bits per heavy atom. The molecule has 1 heterocycles. The van der Waals surface area contributed by atoms with Crippen molar-refractivity contribution in [1.29, 1.82) is 0 Å². The Morgan fingerprint density at radius 2 is 1.95 bits per heavy atom. The highest BCUT2D eigenvalue weighted by Crippen LogP contribution is 2.16. The number of carbonyl (C=O) groups excluding carboxylic acids is 1. The van der Waals surface area contributed by atoms with Crippen molar-refractivity contribution in [2.75, 3.05) is 19.7 Å². The van der Waals surface area contributed by atoms with E-state index in [1.54, 1.807) is 11.0 Å². The molecule has 0 aromatic heterocycles. The van der Waals surface area contributed by atoms with E-state index in [4.69, 9.17) is 5.11 Å². The second-order valence-electron chi connectivity index (χ2n) is 5.18.